The van der Waals surface area contributed by atoms with Crippen molar-refractivity contribution in [3.8, 4) is 0 Å². The summed E-state index contributed by atoms with van der Waals surface area (Å²) in [5.74, 6) is 2.89. The van der Waals surface area contributed by atoms with E-state index in [4.69, 9.17) is 0 Å². The third kappa shape index (κ3) is 5.40. The summed E-state index contributed by atoms with van der Waals surface area (Å²) in [5.41, 5.74) is 0.865. The van der Waals surface area contributed by atoms with Crippen LogP contribution in [-0.2, 0) is 0 Å². The molecule has 3 heteroatoms. The molecule has 1 unspecified atom stereocenters. The third-order valence-corrected chi connectivity index (χ3v) is 3.80. The number of hydrogen-bond acceptors (Lipinski definition) is 2. The van der Waals surface area contributed by atoms with Gasteiger partial charge in [-0.05, 0) is 29.9 Å². The fourth-order valence-electron chi connectivity index (χ4n) is 1.27. The van der Waals surface area contributed by atoms with E-state index in [9.17, 15) is 4.39 Å². The van der Waals surface area contributed by atoms with Gasteiger partial charge in [0.25, 0.3) is 0 Å². The zero-order valence-corrected chi connectivity index (χ0v) is 10.8. The summed E-state index contributed by atoms with van der Waals surface area (Å²) in [4.78, 5) is 0. The molecule has 1 nitrogen and oxygen atoms in total. The lowest BCUT2D eigenvalue weighted by Crippen LogP contribution is -2.06. The van der Waals surface area contributed by atoms with Crippen LogP contribution in [0.15, 0.2) is 24.3 Å². The zero-order chi connectivity index (χ0) is 11.8. The van der Waals surface area contributed by atoms with Crippen molar-refractivity contribution in [2.45, 2.75) is 20.3 Å². The standard InChI is InChI=1S/C13H20FNS/c1-3-11(2)10-16-8-7-15-13-6-4-5-12(14)9-13/h4-6,9,11,15H,3,7-8,10H2,1-2H3. The fourth-order valence-corrected chi connectivity index (χ4v) is 2.32. The Labute approximate surface area is 102 Å². The second-order valence-electron chi connectivity index (χ2n) is 4.03. The summed E-state index contributed by atoms with van der Waals surface area (Å²) in [7, 11) is 0. The van der Waals surface area contributed by atoms with Gasteiger partial charge in [-0.25, -0.2) is 4.39 Å². The molecule has 90 valence electrons. The average molecular weight is 241 g/mol. The van der Waals surface area contributed by atoms with Gasteiger partial charge in [-0.15, -0.1) is 0 Å². The predicted molar refractivity (Wildman–Crippen MR) is 71.7 cm³/mol. The SMILES string of the molecule is CCC(C)CSCCNc1cccc(F)c1. The minimum Gasteiger partial charge on any atom is -0.384 e. The summed E-state index contributed by atoms with van der Waals surface area (Å²) in [6.07, 6.45) is 1.24. The van der Waals surface area contributed by atoms with Crippen molar-refractivity contribution in [3.63, 3.8) is 0 Å². The van der Waals surface area contributed by atoms with Crippen LogP contribution in [0.1, 0.15) is 20.3 Å². The molecule has 16 heavy (non-hydrogen) atoms. The topological polar surface area (TPSA) is 12.0 Å². The lowest BCUT2D eigenvalue weighted by molar-refractivity contribution is 0.628. The van der Waals surface area contributed by atoms with E-state index in [0.29, 0.717) is 0 Å². The largest absolute Gasteiger partial charge is 0.384 e. The molecule has 0 aliphatic heterocycles. The van der Waals surface area contributed by atoms with Crippen molar-refractivity contribution < 1.29 is 4.39 Å². The second-order valence-corrected chi connectivity index (χ2v) is 5.18. The van der Waals surface area contributed by atoms with Crippen molar-refractivity contribution in [1.29, 1.82) is 0 Å². The number of nitrogens with one attached hydrogen (secondary N) is 1. The highest BCUT2D eigenvalue weighted by Gasteiger charge is 1.98. The molecule has 0 amide bonds. The lowest BCUT2D eigenvalue weighted by atomic mass is 10.2. The van der Waals surface area contributed by atoms with Crippen LogP contribution >= 0.6 is 11.8 Å². The minimum atomic E-state index is -0.183. The smallest absolute Gasteiger partial charge is 0.125 e. The molecule has 0 aliphatic rings. The molecule has 1 rings (SSSR count). The molecule has 0 saturated heterocycles. The zero-order valence-electron chi connectivity index (χ0n) is 10.0. The van der Waals surface area contributed by atoms with Gasteiger partial charge in [0.05, 0.1) is 0 Å². The van der Waals surface area contributed by atoms with Crippen LogP contribution in [0.2, 0.25) is 0 Å². The molecule has 1 aromatic rings. The molecule has 1 aromatic carbocycles. The van der Waals surface area contributed by atoms with Gasteiger partial charge < -0.3 is 5.32 Å². The normalized spacial score (nSPS) is 12.4. The van der Waals surface area contributed by atoms with Crippen molar-refractivity contribution in [3.05, 3.63) is 30.1 Å². The van der Waals surface area contributed by atoms with Gasteiger partial charge >= 0.3 is 0 Å². The molecule has 0 spiro atoms. The van der Waals surface area contributed by atoms with Crippen molar-refractivity contribution in [2.75, 3.05) is 23.4 Å². The van der Waals surface area contributed by atoms with Crippen molar-refractivity contribution >= 4 is 17.4 Å². The number of rotatable bonds is 7. The predicted octanol–water partition coefficient (Wildman–Crippen LogP) is 4.02. The van der Waals surface area contributed by atoms with E-state index in [0.717, 1.165) is 23.9 Å². The Morgan fingerprint density at radius 1 is 1.44 bits per heavy atom. The molecular weight excluding hydrogens is 221 g/mol. The van der Waals surface area contributed by atoms with Crippen LogP contribution in [0.3, 0.4) is 0 Å². The molecule has 1 atom stereocenters. The first-order chi connectivity index (χ1) is 7.72. The van der Waals surface area contributed by atoms with Gasteiger partial charge in [-0.2, -0.15) is 11.8 Å². The molecule has 0 aromatic heterocycles. The van der Waals surface area contributed by atoms with Gasteiger partial charge in [0.1, 0.15) is 5.82 Å². The van der Waals surface area contributed by atoms with E-state index >= 15 is 0 Å². The van der Waals surface area contributed by atoms with E-state index in [2.05, 4.69) is 19.2 Å². The highest BCUT2D eigenvalue weighted by atomic mass is 32.2. The van der Waals surface area contributed by atoms with Crippen LogP contribution in [0.5, 0.6) is 0 Å². The highest BCUT2D eigenvalue weighted by molar-refractivity contribution is 7.99. The molecule has 0 fully saturated rings. The summed E-state index contributed by atoms with van der Waals surface area (Å²) in [5, 5.41) is 3.22. The molecule has 0 aliphatic carbocycles. The Morgan fingerprint density at radius 2 is 2.25 bits per heavy atom. The van der Waals surface area contributed by atoms with Crippen LogP contribution in [0.4, 0.5) is 10.1 Å². The lowest BCUT2D eigenvalue weighted by Gasteiger charge is -2.09. The number of thioether (sulfide) groups is 1. The average Bonchev–Trinajstić information content (AvgIpc) is 2.28. The Balaban J connectivity index is 2.12. The van der Waals surface area contributed by atoms with Crippen LogP contribution in [0.25, 0.3) is 0 Å². The van der Waals surface area contributed by atoms with E-state index in [1.165, 1.54) is 24.3 Å². The first kappa shape index (κ1) is 13.4. The molecule has 0 heterocycles. The Bertz CT molecular complexity index is 304. The number of hydrogen-bond donors (Lipinski definition) is 1. The second kappa shape index (κ2) is 7.55. The number of halogens is 1. The third-order valence-electron chi connectivity index (χ3n) is 2.50. The van der Waals surface area contributed by atoms with E-state index in [1.54, 1.807) is 6.07 Å². The van der Waals surface area contributed by atoms with Crippen molar-refractivity contribution in [2.24, 2.45) is 5.92 Å². The molecule has 0 radical (unpaired) electrons. The fraction of sp³-hybridized carbons (Fsp3) is 0.538. The summed E-state index contributed by atoms with van der Waals surface area (Å²) in [6, 6.07) is 6.61. The molecule has 0 bridgehead atoms. The minimum absolute atomic E-state index is 0.183. The van der Waals surface area contributed by atoms with E-state index in [1.807, 2.05) is 17.8 Å². The van der Waals surface area contributed by atoms with Gasteiger partial charge in [0.15, 0.2) is 0 Å². The van der Waals surface area contributed by atoms with Gasteiger partial charge in [-0.1, -0.05) is 26.3 Å². The van der Waals surface area contributed by atoms with Gasteiger partial charge in [-0.3, -0.25) is 0 Å². The van der Waals surface area contributed by atoms with E-state index < -0.39 is 0 Å². The Morgan fingerprint density at radius 3 is 2.94 bits per heavy atom. The van der Waals surface area contributed by atoms with Gasteiger partial charge in [0, 0.05) is 18.0 Å². The molecular formula is C13H20FNS. The van der Waals surface area contributed by atoms with Crippen LogP contribution < -0.4 is 5.32 Å². The Kier molecular flexibility index (Phi) is 6.31. The first-order valence-corrected chi connectivity index (χ1v) is 6.95. The maximum Gasteiger partial charge on any atom is 0.125 e. The summed E-state index contributed by atoms with van der Waals surface area (Å²) in [6.45, 7) is 5.38. The summed E-state index contributed by atoms with van der Waals surface area (Å²) >= 11 is 1.95. The molecule has 0 saturated carbocycles. The van der Waals surface area contributed by atoms with Crippen molar-refractivity contribution in [1.82, 2.24) is 0 Å². The maximum absolute atomic E-state index is 12.8. The number of anilines is 1. The van der Waals surface area contributed by atoms with Crippen LogP contribution in [-0.4, -0.2) is 18.1 Å². The summed E-state index contributed by atoms with van der Waals surface area (Å²) < 4.78 is 12.8. The van der Waals surface area contributed by atoms with E-state index in [-0.39, 0.29) is 5.82 Å². The quantitative estimate of drug-likeness (QED) is 0.724. The maximum atomic E-state index is 12.8. The Hall–Kier alpha value is -0.700. The monoisotopic (exact) mass is 241 g/mol. The number of benzene rings is 1. The first-order valence-electron chi connectivity index (χ1n) is 5.79. The highest BCUT2D eigenvalue weighted by Crippen LogP contribution is 2.12. The molecule has 1 N–H and O–H groups in total. The van der Waals surface area contributed by atoms with Gasteiger partial charge in [0.2, 0.25) is 0 Å². The van der Waals surface area contributed by atoms with Crippen LogP contribution in [0, 0.1) is 11.7 Å².